The fraction of sp³-hybridized carbons (Fsp3) is 0.556. The highest BCUT2D eigenvalue weighted by Crippen LogP contribution is 2.52. The number of nitrogens with zero attached hydrogens (tertiary/aromatic N) is 7. The summed E-state index contributed by atoms with van der Waals surface area (Å²) in [7, 11) is 0. The second-order valence-corrected chi connectivity index (χ2v) is 14.3. The van der Waals surface area contributed by atoms with Gasteiger partial charge in [0, 0.05) is 87.7 Å². The van der Waals surface area contributed by atoms with Crippen LogP contribution in [-0.4, -0.2) is 106 Å². The lowest BCUT2D eigenvalue weighted by molar-refractivity contribution is -0.0355. The SMILES string of the molecule is CCN(C(=O)c1cc(F)ccc1Oc1cncnc1N1CC2(CC(Oc3ccnc4c3CN(CC3CN(CC(F)F)C3)CC4)C2)C1)C(C)C. The van der Waals surface area contributed by atoms with Crippen molar-refractivity contribution >= 4 is 11.7 Å². The lowest BCUT2D eigenvalue weighted by Crippen LogP contribution is -2.65. The highest BCUT2D eigenvalue weighted by molar-refractivity contribution is 5.97. The van der Waals surface area contributed by atoms with Crippen LogP contribution in [0.1, 0.15) is 55.2 Å². The predicted octanol–water partition coefficient (Wildman–Crippen LogP) is 5.28. The van der Waals surface area contributed by atoms with Crippen LogP contribution < -0.4 is 14.4 Å². The van der Waals surface area contributed by atoms with Gasteiger partial charge in [0.2, 0.25) is 0 Å². The minimum Gasteiger partial charge on any atom is -0.490 e. The van der Waals surface area contributed by atoms with Crippen molar-refractivity contribution in [2.45, 2.75) is 65.1 Å². The van der Waals surface area contributed by atoms with E-state index in [1.54, 1.807) is 11.1 Å². The van der Waals surface area contributed by atoms with Crippen LogP contribution >= 0.6 is 0 Å². The number of halogens is 3. The zero-order chi connectivity index (χ0) is 34.3. The Morgan fingerprint density at radius 3 is 2.61 bits per heavy atom. The molecular formula is C36H44F3N7O3. The average molecular weight is 680 g/mol. The van der Waals surface area contributed by atoms with E-state index in [2.05, 4.69) is 24.8 Å². The Hall–Kier alpha value is -3.97. The van der Waals surface area contributed by atoms with Gasteiger partial charge < -0.3 is 19.3 Å². The highest BCUT2D eigenvalue weighted by atomic mass is 19.3. The van der Waals surface area contributed by atoms with E-state index >= 15 is 0 Å². The maximum Gasteiger partial charge on any atom is 0.257 e. The summed E-state index contributed by atoms with van der Waals surface area (Å²) in [5.41, 5.74) is 2.51. The summed E-state index contributed by atoms with van der Waals surface area (Å²) in [5, 5.41) is 0. The number of carbonyl (C=O) groups is 1. The van der Waals surface area contributed by atoms with E-state index in [1.165, 1.54) is 24.5 Å². The zero-order valence-corrected chi connectivity index (χ0v) is 28.3. The first-order chi connectivity index (χ1) is 23.6. The number of ether oxygens (including phenoxy) is 2. The molecule has 10 nitrogen and oxygen atoms in total. The van der Waals surface area contributed by atoms with Gasteiger partial charge in [-0.2, -0.15) is 0 Å². The van der Waals surface area contributed by atoms with Crippen LogP contribution in [0.5, 0.6) is 17.2 Å². The quantitative estimate of drug-likeness (QED) is 0.254. The molecular weight excluding hydrogens is 635 g/mol. The summed E-state index contributed by atoms with van der Waals surface area (Å²) in [6.45, 7) is 11.7. The monoisotopic (exact) mass is 679 g/mol. The van der Waals surface area contributed by atoms with Gasteiger partial charge in [0.15, 0.2) is 11.6 Å². The number of amides is 1. The number of likely N-dealkylation sites (tertiary alicyclic amines) is 1. The molecule has 13 heteroatoms. The second kappa shape index (κ2) is 13.7. The molecule has 1 saturated carbocycles. The summed E-state index contributed by atoms with van der Waals surface area (Å²) in [6, 6.07) is 5.90. The molecule has 2 aromatic heterocycles. The van der Waals surface area contributed by atoms with Crippen molar-refractivity contribution in [3.05, 3.63) is 65.6 Å². The molecule has 1 amide bonds. The van der Waals surface area contributed by atoms with Crippen molar-refractivity contribution in [1.82, 2.24) is 29.7 Å². The molecule has 0 bridgehead atoms. The summed E-state index contributed by atoms with van der Waals surface area (Å²) in [4.78, 5) is 34.7. The van der Waals surface area contributed by atoms with Gasteiger partial charge in [0.25, 0.3) is 12.3 Å². The number of alkyl halides is 2. The Balaban J connectivity index is 0.953. The number of anilines is 1. The zero-order valence-electron chi connectivity index (χ0n) is 28.3. The first-order valence-electron chi connectivity index (χ1n) is 17.3. The molecule has 3 aliphatic heterocycles. The fourth-order valence-corrected chi connectivity index (χ4v) is 7.97. The molecule has 49 heavy (non-hydrogen) atoms. The number of pyridine rings is 1. The van der Waals surface area contributed by atoms with Gasteiger partial charge in [-0.25, -0.2) is 23.1 Å². The van der Waals surface area contributed by atoms with E-state index in [0.29, 0.717) is 24.0 Å². The second-order valence-electron chi connectivity index (χ2n) is 14.3. The van der Waals surface area contributed by atoms with E-state index in [9.17, 15) is 18.0 Å². The first-order valence-corrected chi connectivity index (χ1v) is 17.3. The normalized spacial score (nSPS) is 19.4. The number of hydrogen-bond acceptors (Lipinski definition) is 9. The number of hydrogen-bond donors (Lipinski definition) is 0. The van der Waals surface area contributed by atoms with Crippen molar-refractivity contribution in [1.29, 1.82) is 0 Å². The number of rotatable bonds is 12. The van der Waals surface area contributed by atoms with E-state index in [4.69, 9.17) is 9.47 Å². The molecule has 2 saturated heterocycles. The Morgan fingerprint density at radius 2 is 1.88 bits per heavy atom. The van der Waals surface area contributed by atoms with E-state index < -0.39 is 12.2 Å². The Labute approximate surface area is 285 Å². The smallest absolute Gasteiger partial charge is 0.257 e. The van der Waals surface area contributed by atoms with Crippen molar-refractivity contribution in [3.63, 3.8) is 0 Å². The van der Waals surface area contributed by atoms with Crippen LogP contribution in [0.4, 0.5) is 19.0 Å². The van der Waals surface area contributed by atoms with Crippen LogP contribution in [-0.2, 0) is 13.0 Å². The van der Waals surface area contributed by atoms with E-state index in [1.807, 2.05) is 37.9 Å². The molecule has 262 valence electrons. The van der Waals surface area contributed by atoms with Crippen molar-refractivity contribution in [3.8, 4) is 17.2 Å². The molecule has 0 radical (unpaired) electrons. The molecule has 1 spiro atoms. The minimum absolute atomic E-state index is 0.0528. The van der Waals surface area contributed by atoms with Crippen LogP contribution in [0.2, 0.25) is 0 Å². The van der Waals surface area contributed by atoms with Gasteiger partial charge >= 0.3 is 0 Å². The fourth-order valence-electron chi connectivity index (χ4n) is 7.97. The van der Waals surface area contributed by atoms with Gasteiger partial charge in [-0.3, -0.25) is 19.6 Å². The van der Waals surface area contributed by atoms with E-state index in [-0.39, 0.29) is 41.3 Å². The minimum atomic E-state index is -2.28. The largest absolute Gasteiger partial charge is 0.490 e. The molecule has 0 unspecified atom stereocenters. The topological polar surface area (TPSA) is 87.2 Å². The maximum atomic E-state index is 14.3. The highest BCUT2D eigenvalue weighted by Gasteiger charge is 2.54. The first kappa shape index (κ1) is 33.5. The van der Waals surface area contributed by atoms with Gasteiger partial charge in [-0.15, -0.1) is 0 Å². The Bertz CT molecular complexity index is 1660. The van der Waals surface area contributed by atoms with Gasteiger partial charge in [0.1, 0.15) is 29.7 Å². The third-order valence-electron chi connectivity index (χ3n) is 10.3. The Kier molecular flexibility index (Phi) is 9.40. The third-order valence-corrected chi connectivity index (χ3v) is 10.3. The molecule has 3 fully saturated rings. The number of fused-ring (bicyclic) bond motifs is 1. The van der Waals surface area contributed by atoms with Gasteiger partial charge in [-0.1, -0.05) is 0 Å². The standard InChI is InChI=1S/C36H44F3N7O3/c1-4-46(23(2)3)35(47)27-11-25(37)5-6-30(27)49-32-14-40-22-42-34(32)45-20-36(21-45)12-26(13-36)48-31-7-9-41-29-8-10-43(18-28(29)31)15-24-16-44(17-24)19-33(38)39/h5-7,9,11,14,22-24,26,33H,4,8,10,12-13,15-21H2,1-3H3. The number of benzene rings is 1. The molecule has 3 aromatic rings. The van der Waals surface area contributed by atoms with Crippen LogP contribution in [0.3, 0.4) is 0 Å². The number of aromatic nitrogens is 3. The summed E-state index contributed by atoms with van der Waals surface area (Å²) in [6.07, 6.45) is 5.42. The average Bonchev–Trinajstić information content (AvgIpc) is 3.02. The summed E-state index contributed by atoms with van der Waals surface area (Å²) >= 11 is 0. The van der Waals surface area contributed by atoms with Crippen molar-refractivity contribution in [2.75, 3.05) is 57.3 Å². The summed E-state index contributed by atoms with van der Waals surface area (Å²) in [5.74, 6) is 1.82. The molecule has 0 atom stereocenters. The molecule has 1 aliphatic carbocycles. The molecule has 5 heterocycles. The number of carbonyl (C=O) groups excluding carboxylic acids is 1. The van der Waals surface area contributed by atoms with Crippen molar-refractivity contribution in [2.24, 2.45) is 11.3 Å². The van der Waals surface area contributed by atoms with E-state index in [0.717, 1.165) is 82.1 Å². The van der Waals surface area contributed by atoms with Crippen LogP contribution in [0.25, 0.3) is 0 Å². The third kappa shape index (κ3) is 7.05. The van der Waals surface area contributed by atoms with Gasteiger partial charge in [-0.05, 0) is 63.8 Å². The van der Waals surface area contributed by atoms with Crippen LogP contribution in [0, 0.1) is 17.2 Å². The predicted molar refractivity (Wildman–Crippen MR) is 178 cm³/mol. The van der Waals surface area contributed by atoms with Crippen LogP contribution in [0.15, 0.2) is 43.0 Å². The molecule has 4 aliphatic rings. The summed E-state index contributed by atoms with van der Waals surface area (Å²) < 4.78 is 52.5. The lowest BCUT2D eigenvalue weighted by atomic mass is 9.61. The molecule has 0 N–H and O–H groups in total. The lowest BCUT2D eigenvalue weighted by Gasteiger charge is -2.59. The van der Waals surface area contributed by atoms with Crippen molar-refractivity contribution < 1.29 is 27.4 Å². The molecule has 7 rings (SSSR count). The maximum absolute atomic E-state index is 14.3. The molecule has 1 aromatic carbocycles. The van der Waals surface area contributed by atoms with Gasteiger partial charge in [0.05, 0.1) is 18.3 Å². The Morgan fingerprint density at radius 1 is 1.08 bits per heavy atom.